The summed E-state index contributed by atoms with van der Waals surface area (Å²) in [6, 6.07) is 1.42. The SMILES string of the molecule is CC1(C)OB(c2cnc([AsH2])cc2F)OC1(C)C. The first-order valence-electron chi connectivity index (χ1n) is 5.49. The fourth-order valence-corrected chi connectivity index (χ4v) is 2.06. The molecule has 0 saturated carbocycles. The van der Waals surface area contributed by atoms with Crippen molar-refractivity contribution in [1.82, 2.24) is 4.98 Å². The molecule has 17 heavy (non-hydrogen) atoms. The van der Waals surface area contributed by atoms with Gasteiger partial charge in [-0.25, -0.2) is 0 Å². The summed E-state index contributed by atoms with van der Waals surface area (Å²) in [5, 5.41) is 0. The van der Waals surface area contributed by atoms with Crippen LogP contribution in [0.2, 0.25) is 0 Å². The zero-order chi connectivity index (χ0) is 12.8. The summed E-state index contributed by atoms with van der Waals surface area (Å²) in [5.41, 5.74) is -0.553. The first-order valence-corrected chi connectivity index (χ1v) is 6.71. The predicted molar refractivity (Wildman–Crippen MR) is 68.1 cm³/mol. The molecule has 0 aromatic carbocycles. The topological polar surface area (TPSA) is 31.4 Å². The van der Waals surface area contributed by atoms with Crippen LogP contribution in [0.5, 0.6) is 0 Å². The van der Waals surface area contributed by atoms with E-state index >= 15 is 0 Å². The van der Waals surface area contributed by atoms with Crippen LogP contribution in [0, 0.1) is 5.82 Å². The van der Waals surface area contributed by atoms with Crippen LogP contribution >= 0.6 is 0 Å². The second-order valence-corrected chi connectivity index (χ2v) is 6.46. The van der Waals surface area contributed by atoms with Gasteiger partial charge >= 0.3 is 110 Å². The molecule has 0 amide bonds. The Kier molecular flexibility index (Phi) is 3.13. The molecule has 0 bridgehead atoms. The number of aromatic nitrogens is 1. The number of rotatable bonds is 1. The van der Waals surface area contributed by atoms with Crippen LogP contribution in [0.1, 0.15) is 27.7 Å². The molecule has 1 aromatic rings. The Morgan fingerprint density at radius 1 is 1.24 bits per heavy atom. The standard InChI is InChI=1S/C11H16AsBFNO2/c1-10(2)11(3,4)17-13(16-10)7-6-15-9(12)5-8(7)14/h5-6H,12H2,1-4H3. The average molecular weight is 299 g/mol. The molecule has 1 fully saturated rings. The van der Waals surface area contributed by atoms with Gasteiger partial charge in [0, 0.05) is 0 Å². The first kappa shape index (κ1) is 13.1. The summed E-state index contributed by atoms with van der Waals surface area (Å²) < 4.78 is 26.1. The first-order chi connectivity index (χ1) is 7.73. The zero-order valence-corrected chi connectivity index (χ0v) is 12.9. The third-order valence-corrected chi connectivity index (χ3v) is 4.07. The number of nitrogens with zero attached hydrogens (tertiary/aromatic N) is 1. The second kappa shape index (κ2) is 4.08. The quantitative estimate of drug-likeness (QED) is 0.672. The van der Waals surface area contributed by atoms with Crippen LogP contribution < -0.4 is 9.94 Å². The van der Waals surface area contributed by atoms with Gasteiger partial charge in [0.2, 0.25) is 0 Å². The van der Waals surface area contributed by atoms with E-state index in [9.17, 15) is 4.39 Å². The van der Waals surface area contributed by atoms with Crippen molar-refractivity contribution in [2.75, 3.05) is 0 Å². The van der Waals surface area contributed by atoms with Crippen molar-refractivity contribution in [2.45, 2.75) is 38.9 Å². The summed E-state index contributed by atoms with van der Waals surface area (Å²) >= 11 is 1.29. The number of halogens is 1. The second-order valence-electron chi connectivity index (χ2n) is 5.22. The van der Waals surface area contributed by atoms with Crippen molar-refractivity contribution >= 4 is 33.9 Å². The minimum absolute atomic E-state index is 0.321. The molecular formula is C11H16AsBFNO2. The van der Waals surface area contributed by atoms with E-state index in [0.717, 1.165) is 0 Å². The van der Waals surface area contributed by atoms with Crippen LogP contribution in [-0.4, -0.2) is 40.2 Å². The van der Waals surface area contributed by atoms with E-state index in [4.69, 9.17) is 9.31 Å². The summed E-state index contributed by atoms with van der Waals surface area (Å²) in [7, 11) is -0.680. The maximum absolute atomic E-state index is 13.8. The van der Waals surface area contributed by atoms with E-state index in [-0.39, 0.29) is 5.82 Å². The Bertz CT molecular complexity index is 437. The van der Waals surface area contributed by atoms with Gasteiger partial charge in [-0.05, 0) is 0 Å². The monoisotopic (exact) mass is 299 g/mol. The molecule has 92 valence electrons. The molecule has 1 saturated heterocycles. The van der Waals surface area contributed by atoms with E-state index in [0.29, 0.717) is 9.94 Å². The molecule has 1 atom stereocenters. The van der Waals surface area contributed by atoms with Crippen molar-refractivity contribution < 1.29 is 13.7 Å². The van der Waals surface area contributed by atoms with Crippen molar-refractivity contribution in [3.05, 3.63) is 18.1 Å². The molecule has 0 radical (unpaired) electrons. The molecule has 2 heterocycles. The zero-order valence-electron chi connectivity index (χ0n) is 10.5. The minimum atomic E-state index is -0.680. The van der Waals surface area contributed by atoms with Gasteiger partial charge in [-0.15, -0.1) is 0 Å². The number of pyridine rings is 1. The molecule has 1 aliphatic rings. The Labute approximate surface area is 110 Å². The number of hydrogen-bond acceptors (Lipinski definition) is 3. The van der Waals surface area contributed by atoms with Gasteiger partial charge in [-0.2, -0.15) is 0 Å². The summed E-state index contributed by atoms with van der Waals surface area (Å²) in [5.74, 6) is -0.321. The third kappa shape index (κ3) is 2.28. The van der Waals surface area contributed by atoms with Gasteiger partial charge in [0.15, 0.2) is 0 Å². The van der Waals surface area contributed by atoms with Gasteiger partial charge in [0.1, 0.15) is 0 Å². The molecule has 2 rings (SSSR count). The van der Waals surface area contributed by atoms with Crippen LogP contribution in [-0.2, 0) is 9.31 Å². The van der Waals surface area contributed by atoms with E-state index in [1.54, 1.807) is 0 Å². The van der Waals surface area contributed by atoms with Crippen molar-refractivity contribution in [3.63, 3.8) is 0 Å². The molecule has 1 aliphatic heterocycles. The molecule has 3 nitrogen and oxygen atoms in total. The average Bonchev–Trinajstić information content (AvgIpc) is 2.35. The maximum atomic E-state index is 13.8. The van der Waals surface area contributed by atoms with Crippen molar-refractivity contribution in [1.29, 1.82) is 0 Å². The third-order valence-electron chi connectivity index (χ3n) is 3.41. The Morgan fingerprint density at radius 3 is 2.24 bits per heavy atom. The van der Waals surface area contributed by atoms with Crippen LogP contribution in [0.25, 0.3) is 0 Å². The Hall–Kier alpha value is -0.377. The van der Waals surface area contributed by atoms with Crippen molar-refractivity contribution in [3.8, 4) is 0 Å². The molecule has 6 heteroatoms. The molecule has 1 aromatic heterocycles. The van der Waals surface area contributed by atoms with E-state index in [1.807, 2.05) is 27.7 Å². The molecule has 0 spiro atoms. The summed E-state index contributed by atoms with van der Waals surface area (Å²) in [4.78, 5) is 4.11. The molecular weight excluding hydrogens is 283 g/mol. The van der Waals surface area contributed by atoms with Gasteiger partial charge in [0.05, 0.1) is 0 Å². The Balaban J connectivity index is 2.32. The summed E-state index contributed by atoms with van der Waals surface area (Å²) in [6.07, 6.45) is 1.49. The van der Waals surface area contributed by atoms with E-state index in [1.165, 1.54) is 29.1 Å². The van der Waals surface area contributed by atoms with Crippen LogP contribution in [0.3, 0.4) is 0 Å². The van der Waals surface area contributed by atoms with Gasteiger partial charge in [-0.1, -0.05) is 0 Å². The predicted octanol–water partition coefficient (Wildman–Crippen LogP) is -0.222. The number of hydrogen-bond donors (Lipinski definition) is 0. The van der Waals surface area contributed by atoms with Gasteiger partial charge in [0.25, 0.3) is 0 Å². The van der Waals surface area contributed by atoms with Crippen molar-refractivity contribution in [2.24, 2.45) is 0 Å². The van der Waals surface area contributed by atoms with Gasteiger partial charge in [-0.3, -0.25) is 0 Å². The summed E-state index contributed by atoms with van der Waals surface area (Å²) in [6.45, 7) is 7.76. The van der Waals surface area contributed by atoms with E-state index < -0.39 is 18.3 Å². The fourth-order valence-electron chi connectivity index (χ4n) is 1.60. The Morgan fingerprint density at radius 2 is 1.76 bits per heavy atom. The normalized spacial score (nSPS) is 21.9. The molecule has 0 aliphatic carbocycles. The van der Waals surface area contributed by atoms with Gasteiger partial charge < -0.3 is 0 Å². The molecule has 1 unspecified atom stereocenters. The van der Waals surface area contributed by atoms with Crippen LogP contribution in [0.15, 0.2) is 12.3 Å². The molecule has 0 N–H and O–H groups in total. The van der Waals surface area contributed by atoms with Crippen LogP contribution in [0.4, 0.5) is 4.39 Å². The van der Waals surface area contributed by atoms with E-state index in [2.05, 4.69) is 4.98 Å². The fraction of sp³-hybridized carbons (Fsp3) is 0.545.